The van der Waals surface area contributed by atoms with Crippen molar-refractivity contribution in [2.24, 2.45) is 0 Å². The molecule has 0 aliphatic heterocycles. The highest BCUT2D eigenvalue weighted by Gasteiger charge is 2.14. The summed E-state index contributed by atoms with van der Waals surface area (Å²) in [4.78, 5) is 14.0. The highest BCUT2D eigenvalue weighted by atomic mass is 79.9. The Kier molecular flexibility index (Phi) is 6.67. The minimum atomic E-state index is -0.0823. The lowest BCUT2D eigenvalue weighted by atomic mass is 10.1. The number of hydrogen-bond donors (Lipinski definition) is 1. The van der Waals surface area contributed by atoms with E-state index in [0.717, 1.165) is 27.8 Å². The zero-order valence-electron chi connectivity index (χ0n) is 14.3. The molecule has 4 nitrogen and oxygen atoms in total. The van der Waals surface area contributed by atoms with Gasteiger partial charge in [0.05, 0.1) is 7.11 Å². The average Bonchev–Trinajstić information content (AvgIpc) is 2.56. The molecule has 1 N–H and O–H groups in total. The third-order valence-electron chi connectivity index (χ3n) is 3.76. The number of urea groups is 1. The van der Waals surface area contributed by atoms with E-state index in [2.05, 4.69) is 21.2 Å². The first-order valence-electron chi connectivity index (χ1n) is 7.87. The van der Waals surface area contributed by atoms with Crippen LogP contribution >= 0.6 is 15.9 Å². The van der Waals surface area contributed by atoms with Gasteiger partial charge in [0.15, 0.2) is 0 Å². The van der Waals surface area contributed by atoms with Gasteiger partial charge in [0, 0.05) is 24.1 Å². The Bertz CT molecular complexity index is 691. The first-order chi connectivity index (χ1) is 11.5. The molecule has 0 aromatic heterocycles. The van der Waals surface area contributed by atoms with Crippen LogP contribution < -0.4 is 10.1 Å². The molecule has 128 valence electrons. The summed E-state index contributed by atoms with van der Waals surface area (Å²) in [6.07, 6.45) is 0.756. The summed E-state index contributed by atoms with van der Waals surface area (Å²) in [7, 11) is 3.45. The Morgan fingerprint density at radius 2 is 2.00 bits per heavy atom. The van der Waals surface area contributed by atoms with Crippen molar-refractivity contribution >= 4 is 22.0 Å². The van der Waals surface area contributed by atoms with E-state index in [1.807, 2.05) is 55.5 Å². The summed E-state index contributed by atoms with van der Waals surface area (Å²) >= 11 is 3.51. The Labute approximate surface area is 151 Å². The summed E-state index contributed by atoms with van der Waals surface area (Å²) < 4.78 is 6.24. The maximum Gasteiger partial charge on any atom is 0.317 e. The topological polar surface area (TPSA) is 41.6 Å². The van der Waals surface area contributed by atoms with Crippen LogP contribution in [0.1, 0.15) is 18.1 Å². The van der Waals surface area contributed by atoms with Gasteiger partial charge in [-0.3, -0.25) is 0 Å². The average molecular weight is 391 g/mol. The van der Waals surface area contributed by atoms with Gasteiger partial charge >= 0.3 is 6.03 Å². The van der Waals surface area contributed by atoms with Crippen molar-refractivity contribution in [1.82, 2.24) is 10.2 Å². The minimum absolute atomic E-state index is 0.0336. The highest BCUT2D eigenvalue weighted by Crippen LogP contribution is 2.17. The van der Waals surface area contributed by atoms with Crippen molar-refractivity contribution in [3.8, 4) is 5.75 Å². The van der Waals surface area contributed by atoms with E-state index >= 15 is 0 Å². The number of methoxy groups -OCH3 is 1. The molecule has 0 saturated carbocycles. The van der Waals surface area contributed by atoms with Crippen LogP contribution in [0.25, 0.3) is 0 Å². The molecular formula is C19H23BrN2O2. The number of benzene rings is 2. The van der Waals surface area contributed by atoms with Gasteiger partial charge in [-0.1, -0.05) is 46.3 Å². The van der Waals surface area contributed by atoms with E-state index in [0.29, 0.717) is 6.54 Å². The maximum atomic E-state index is 12.4. The van der Waals surface area contributed by atoms with Crippen molar-refractivity contribution in [2.45, 2.75) is 25.9 Å². The summed E-state index contributed by atoms with van der Waals surface area (Å²) in [6, 6.07) is 15.8. The Morgan fingerprint density at radius 3 is 2.71 bits per heavy atom. The molecule has 1 unspecified atom stereocenters. The number of halogens is 1. The molecule has 5 heteroatoms. The third kappa shape index (κ3) is 5.27. The number of carbonyl (C=O) groups excluding carboxylic acids is 1. The van der Waals surface area contributed by atoms with Crippen molar-refractivity contribution in [2.75, 3.05) is 14.2 Å². The molecule has 0 fully saturated rings. The normalized spacial score (nSPS) is 11.7. The Morgan fingerprint density at radius 1 is 1.25 bits per heavy atom. The maximum absolute atomic E-state index is 12.4. The lowest BCUT2D eigenvalue weighted by Gasteiger charge is -2.22. The second-order valence-electron chi connectivity index (χ2n) is 5.85. The summed E-state index contributed by atoms with van der Waals surface area (Å²) in [5, 5.41) is 3.04. The molecule has 1 atom stereocenters. The van der Waals surface area contributed by atoms with Crippen LogP contribution in [0.2, 0.25) is 0 Å². The van der Waals surface area contributed by atoms with Gasteiger partial charge in [-0.2, -0.15) is 0 Å². The molecular weight excluding hydrogens is 368 g/mol. The SMILES string of the molecule is COc1cccc(CC(C)NC(=O)N(C)Cc2ccccc2Br)c1. The first-order valence-corrected chi connectivity index (χ1v) is 8.67. The second kappa shape index (κ2) is 8.73. The fourth-order valence-electron chi connectivity index (χ4n) is 2.48. The molecule has 24 heavy (non-hydrogen) atoms. The number of ether oxygens (including phenoxy) is 1. The van der Waals surface area contributed by atoms with Crippen molar-refractivity contribution in [3.05, 3.63) is 64.1 Å². The van der Waals surface area contributed by atoms with Gasteiger partial charge in [0.1, 0.15) is 5.75 Å². The first kappa shape index (κ1) is 18.3. The molecule has 0 saturated heterocycles. The van der Waals surface area contributed by atoms with Crippen LogP contribution in [0.4, 0.5) is 4.79 Å². The number of nitrogens with one attached hydrogen (secondary N) is 1. The molecule has 0 heterocycles. The van der Waals surface area contributed by atoms with Gasteiger partial charge in [-0.15, -0.1) is 0 Å². The minimum Gasteiger partial charge on any atom is -0.497 e. The molecule has 2 amide bonds. The van der Waals surface area contributed by atoms with Crippen LogP contribution in [-0.2, 0) is 13.0 Å². The molecule has 0 radical (unpaired) electrons. The summed E-state index contributed by atoms with van der Waals surface area (Å²) in [5.41, 5.74) is 2.21. The third-order valence-corrected chi connectivity index (χ3v) is 4.53. The number of carbonyl (C=O) groups is 1. The number of hydrogen-bond acceptors (Lipinski definition) is 2. The van der Waals surface area contributed by atoms with E-state index in [9.17, 15) is 4.79 Å². The molecule has 2 aromatic rings. The second-order valence-corrected chi connectivity index (χ2v) is 6.71. The van der Waals surface area contributed by atoms with Gasteiger partial charge in [0.2, 0.25) is 0 Å². The van der Waals surface area contributed by atoms with E-state index in [-0.39, 0.29) is 12.1 Å². The molecule has 0 bridgehead atoms. The van der Waals surface area contributed by atoms with E-state index in [4.69, 9.17) is 4.74 Å². The quantitative estimate of drug-likeness (QED) is 0.801. The van der Waals surface area contributed by atoms with Gasteiger partial charge < -0.3 is 15.0 Å². The molecule has 0 spiro atoms. The highest BCUT2D eigenvalue weighted by molar-refractivity contribution is 9.10. The fraction of sp³-hybridized carbons (Fsp3) is 0.316. The lowest BCUT2D eigenvalue weighted by Crippen LogP contribution is -2.42. The van der Waals surface area contributed by atoms with E-state index in [1.165, 1.54) is 0 Å². The Balaban J connectivity index is 1.89. The number of nitrogens with zero attached hydrogens (tertiary/aromatic N) is 1. The zero-order valence-corrected chi connectivity index (χ0v) is 15.8. The zero-order chi connectivity index (χ0) is 17.5. The van der Waals surface area contributed by atoms with Crippen molar-refractivity contribution in [1.29, 1.82) is 0 Å². The molecule has 2 rings (SSSR count). The standard InChI is InChI=1S/C19H23BrN2O2/c1-14(11-15-7-6-9-17(12-15)24-3)21-19(23)22(2)13-16-8-4-5-10-18(16)20/h4-10,12,14H,11,13H2,1-3H3,(H,21,23). The van der Waals surface area contributed by atoms with E-state index < -0.39 is 0 Å². The van der Waals surface area contributed by atoms with Gasteiger partial charge in [-0.05, 0) is 42.7 Å². The molecule has 0 aliphatic carbocycles. The largest absolute Gasteiger partial charge is 0.497 e. The lowest BCUT2D eigenvalue weighted by molar-refractivity contribution is 0.203. The molecule has 2 aromatic carbocycles. The van der Waals surface area contributed by atoms with Crippen LogP contribution in [0.5, 0.6) is 5.75 Å². The van der Waals surface area contributed by atoms with Gasteiger partial charge in [0.25, 0.3) is 0 Å². The fourth-order valence-corrected chi connectivity index (χ4v) is 2.89. The molecule has 0 aliphatic rings. The van der Waals surface area contributed by atoms with E-state index in [1.54, 1.807) is 19.1 Å². The monoisotopic (exact) mass is 390 g/mol. The Hall–Kier alpha value is -2.01. The number of rotatable bonds is 6. The summed E-state index contributed by atoms with van der Waals surface area (Å²) in [6.45, 7) is 2.56. The smallest absolute Gasteiger partial charge is 0.317 e. The predicted octanol–water partition coefficient (Wildman–Crippen LogP) is 4.23. The van der Waals surface area contributed by atoms with Crippen molar-refractivity contribution < 1.29 is 9.53 Å². The number of amides is 2. The van der Waals surface area contributed by atoms with Crippen LogP contribution in [-0.4, -0.2) is 31.1 Å². The van der Waals surface area contributed by atoms with Gasteiger partial charge in [-0.25, -0.2) is 4.79 Å². The van der Waals surface area contributed by atoms with Crippen LogP contribution in [0.15, 0.2) is 53.0 Å². The van der Waals surface area contributed by atoms with Crippen LogP contribution in [0.3, 0.4) is 0 Å². The van der Waals surface area contributed by atoms with Crippen molar-refractivity contribution in [3.63, 3.8) is 0 Å². The summed E-state index contributed by atoms with van der Waals surface area (Å²) in [5.74, 6) is 0.831. The predicted molar refractivity (Wildman–Crippen MR) is 100 cm³/mol. The van der Waals surface area contributed by atoms with Crippen LogP contribution in [0, 0.1) is 0 Å².